The van der Waals surface area contributed by atoms with Gasteiger partial charge < -0.3 is 15.7 Å². The molecule has 0 radical (unpaired) electrons. The van der Waals surface area contributed by atoms with Gasteiger partial charge in [-0.25, -0.2) is 0 Å². The molecule has 0 aromatic heterocycles. The van der Waals surface area contributed by atoms with Crippen molar-refractivity contribution in [3.63, 3.8) is 0 Å². The van der Waals surface area contributed by atoms with E-state index in [-0.39, 0.29) is 12.5 Å². The fourth-order valence-electron chi connectivity index (χ4n) is 1.66. The highest BCUT2D eigenvalue weighted by molar-refractivity contribution is 5.81. The summed E-state index contributed by atoms with van der Waals surface area (Å²) in [5, 5.41) is 14.7. The molecule has 1 amide bonds. The van der Waals surface area contributed by atoms with Crippen molar-refractivity contribution in [1.82, 2.24) is 10.6 Å². The molecule has 2 rings (SSSR count). The number of carboxylic acids is 1. The first kappa shape index (κ1) is 11.4. The normalized spacial score (nSPS) is 21.5. The minimum absolute atomic E-state index is 0.104. The lowest BCUT2D eigenvalue weighted by molar-refractivity contribution is -0.143. The van der Waals surface area contributed by atoms with E-state index in [1.807, 2.05) is 0 Å². The van der Waals surface area contributed by atoms with Gasteiger partial charge in [0, 0.05) is 6.54 Å². The van der Waals surface area contributed by atoms with Crippen LogP contribution in [0, 0.1) is 11.3 Å². The zero-order chi connectivity index (χ0) is 11.6. The van der Waals surface area contributed by atoms with Crippen LogP contribution in [0.15, 0.2) is 0 Å². The fourth-order valence-corrected chi connectivity index (χ4v) is 1.66. The lowest BCUT2D eigenvalue weighted by Gasteiger charge is -2.11. The van der Waals surface area contributed by atoms with Crippen molar-refractivity contribution in [2.24, 2.45) is 11.3 Å². The van der Waals surface area contributed by atoms with E-state index in [0.717, 1.165) is 12.5 Å². The van der Waals surface area contributed by atoms with Crippen molar-refractivity contribution in [2.75, 3.05) is 19.6 Å². The Morgan fingerprint density at radius 1 is 1.31 bits per heavy atom. The summed E-state index contributed by atoms with van der Waals surface area (Å²) in [5.41, 5.74) is -0.661. The van der Waals surface area contributed by atoms with Gasteiger partial charge in [-0.1, -0.05) is 0 Å². The summed E-state index contributed by atoms with van der Waals surface area (Å²) in [5.74, 6) is -0.145. The van der Waals surface area contributed by atoms with Crippen molar-refractivity contribution in [2.45, 2.75) is 25.7 Å². The van der Waals surface area contributed by atoms with Gasteiger partial charge in [-0.05, 0) is 38.1 Å². The third kappa shape index (κ3) is 2.95. The molecule has 0 aromatic rings. The Labute approximate surface area is 94.6 Å². The van der Waals surface area contributed by atoms with Gasteiger partial charge in [-0.15, -0.1) is 0 Å². The van der Waals surface area contributed by atoms with Crippen LogP contribution in [0.2, 0.25) is 0 Å². The zero-order valence-corrected chi connectivity index (χ0v) is 9.29. The van der Waals surface area contributed by atoms with Crippen molar-refractivity contribution >= 4 is 11.9 Å². The topological polar surface area (TPSA) is 78.4 Å². The van der Waals surface area contributed by atoms with Crippen molar-refractivity contribution in [3.05, 3.63) is 0 Å². The monoisotopic (exact) mass is 226 g/mol. The molecule has 0 unspecified atom stereocenters. The Kier molecular flexibility index (Phi) is 3.14. The van der Waals surface area contributed by atoms with E-state index < -0.39 is 11.4 Å². The fraction of sp³-hybridized carbons (Fsp3) is 0.818. The summed E-state index contributed by atoms with van der Waals surface area (Å²) in [6.45, 7) is 1.47. The summed E-state index contributed by atoms with van der Waals surface area (Å²) in [7, 11) is 0. The molecule has 5 heteroatoms. The summed E-state index contributed by atoms with van der Waals surface area (Å²) in [6.07, 6.45) is 3.88. The predicted octanol–water partition coefficient (Wildman–Crippen LogP) is -0.0330. The average molecular weight is 226 g/mol. The van der Waals surface area contributed by atoms with Crippen LogP contribution < -0.4 is 10.6 Å². The van der Waals surface area contributed by atoms with E-state index in [2.05, 4.69) is 10.6 Å². The van der Waals surface area contributed by atoms with Gasteiger partial charge >= 0.3 is 5.97 Å². The molecule has 0 spiro atoms. The Hall–Kier alpha value is -1.10. The zero-order valence-electron chi connectivity index (χ0n) is 9.29. The highest BCUT2D eigenvalue weighted by Gasteiger charge is 2.50. The van der Waals surface area contributed by atoms with Gasteiger partial charge in [-0.3, -0.25) is 9.59 Å². The highest BCUT2D eigenvalue weighted by atomic mass is 16.4. The lowest BCUT2D eigenvalue weighted by Crippen LogP contribution is -2.39. The SMILES string of the molecule is O=C(CNCC1CC1)NCC1(C(=O)O)CC1. The molecule has 2 aliphatic carbocycles. The van der Waals surface area contributed by atoms with Gasteiger partial charge in [0.25, 0.3) is 0 Å². The van der Waals surface area contributed by atoms with Crippen LogP contribution in [0.25, 0.3) is 0 Å². The number of hydrogen-bond donors (Lipinski definition) is 3. The number of carbonyl (C=O) groups is 2. The molecule has 2 aliphatic rings. The van der Waals surface area contributed by atoms with Gasteiger partial charge in [0.15, 0.2) is 0 Å². The summed E-state index contributed by atoms with van der Waals surface area (Å²) < 4.78 is 0. The number of rotatable bonds is 7. The smallest absolute Gasteiger partial charge is 0.311 e. The molecule has 2 fully saturated rings. The number of amides is 1. The molecule has 90 valence electrons. The number of carbonyl (C=O) groups excluding carboxylic acids is 1. The Morgan fingerprint density at radius 3 is 2.50 bits per heavy atom. The van der Waals surface area contributed by atoms with Crippen LogP contribution >= 0.6 is 0 Å². The van der Waals surface area contributed by atoms with Crippen molar-refractivity contribution in [3.8, 4) is 0 Å². The van der Waals surface area contributed by atoms with Gasteiger partial charge in [0.2, 0.25) is 5.91 Å². The van der Waals surface area contributed by atoms with Crippen molar-refractivity contribution < 1.29 is 14.7 Å². The maximum absolute atomic E-state index is 11.4. The molecule has 0 bridgehead atoms. The number of carboxylic acid groups (broad SMARTS) is 1. The quantitative estimate of drug-likeness (QED) is 0.569. The lowest BCUT2D eigenvalue weighted by atomic mass is 10.1. The Bertz CT molecular complexity index is 296. The van der Waals surface area contributed by atoms with E-state index in [1.165, 1.54) is 12.8 Å². The molecule has 16 heavy (non-hydrogen) atoms. The third-order valence-electron chi connectivity index (χ3n) is 3.35. The second-order valence-electron chi connectivity index (χ2n) is 4.94. The second-order valence-corrected chi connectivity index (χ2v) is 4.94. The van der Waals surface area contributed by atoms with Gasteiger partial charge in [0.05, 0.1) is 12.0 Å². The standard InChI is InChI=1S/C11H18N2O3/c14-9(6-12-5-8-1-2-8)13-7-11(3-4-11)10(15)16/h8,12H,1-7H2,(H,13,14)(H,15,16). The number of aliphatic carboxylic acids is 1. The highest BCUT2D eigenvalue weighted by Crippen LogP contribution is 2.45. The molecule has 3 N–H and O–H groups in total. The molecule has 0 aromatic carbocycles. The number of nitrogens with one attached hydrogen (secondary N) is 2. The molecule has 0 atom stereocenters. The summed E-state index contributed by atoms with van der Waals surface area (Å²) >= 11 is 0. The first-order valence-corrected chi connectivity index (χ1v) is 5.83. The second kappa shape index (κ2) is 4.41. The van der Waals surface area contributed by atoms with Crippen LogP contribution in [-0.2, 0) is 9.59 Å². The molecule has 0 aliphatic heterocycles. The average Bonchev–Trinajstić information content (AvgIpc) is 3.10. The first-order chi connectivity index (χ1) is 7.62. The Balaban J connectivity index is 1.58. The number of hydrogen-bond acceptors (Lipinski definition) is 3. The largest absolute Gasteiger partial charge is 0.481 e. The summed E-state index contributed by atoms with van der Waals surface area (Å²) in [4.78, 5) is 22.2. The van der Waals surface area contributed by atoms with Crippen molar-refractivity contribution in [1.29, 1.82) is 0 Å². The summed E-state index contributed by atoms with van der Waals surface area (Å²) in [6, 6.07) is 0. The minimum atomic E-state index is -0.793. The van der Waals surface area contributed by atoms with E-state index in [4.69, 9.17) is 5.11 Å². The molecular weight excluding hydrogens is 208 g/mol. The van der Waals surface area contributed by atoms with Gasteiger partial charge in [0.1, 0.15) is 0 Å². The van der Waals surface area contributed by atoms with Crippen LogP contribution in [0.4, 0.5) is 0 Å². The minimum Gasteiger partial charge on any atom is -0.481 e. The van der Waals surface area contributed by atoms with Crippen LogP contribution in [-0.4, -0.2) is 36.6 Å². The predicted molar refractivity (Wildman–Crippen MR) is 57.9 cm³/mol. The van der Waals surface area contributed by atoms with E-state index >= 15 is 0 Å². The maximum atomic E-state index is 11.4. The van der Waals surface area contributed by atoms with E-state index in [9.17, 15) is 9.59 Å². The molecule has 0 saturated heterocycles. The molecule has 2 saturated carbocycles. The third-order valence-corrected chi connectivity index (χ3v) is 3.35. The Morgan fingerprint density at radius 2 is 2.00 bits per heavy atom. The van der Waals surface area contributed by atoms with Crippen LogP contribution in [0.5, 0.6) is 0 Å². The first-order valence-electron chi connectivity index (χ1n) is 5.83. The van der Waals surface area contributed by atoms with E-state index in [0.29, 0.717) is 19.4 Å². The van der Waals surface area contributed by atoms with Crippen LogP contribution in [0.1, 0.15) is 25.7 Å². The molecule has 0 heterocycles. The molecular formula is C11H18N2O3. The molecule has 5 nitrogen and oxygen atoms in total. The van der Waals surface area contributed by atoms with Crippen LogP contribution in [0.3, 0.4) is 0 Å². The van der Waals surface area contributed by atoms with E-state index in [1.54, 1.807) is 0 Å². The van der Waals surface area contributed by atoms with Gasteiger partial charge in [-0.2, -0.15) is 0 Å². The maximum Gasteiger partial charge on any atom is 0.311 e.